The highest BCUT2D eigenvalue weighted by Gasteiger charge is 2.72. The Hall–Kier alpha value is -7.10. The molecule has 0 N–H and O–H groups in total. The molecule has 4 rings (SSSR count). The van der Waals surface area contributed by atoms with Gasteiger partial charge in [-0.15, -0.1) is 0 Å². The van der Waals surface area contributed by atoms with Gasteiger partial charge in [-0.25, -0.2) is 19.2 Å². The highest BCUT2D eigenvalue weighted by Crippen LogP contribution is 2.56. The third kappa shape index (κ3) is 12.4. The number of carbonyl (C=O) groups excluding carboxylic acids is 4. The first-order valence-corrected chi connectivity index (χ1v) is 17.2. The van der Waals surface area contributed by atoms with Gasteiger partial charge in [-0.2, -0.15) is 26.3 Å². The van der Waals surface area contributed by atoms with Crippen LogP contribution in [0.25, 0.3) is 12.2 Å². The van der Waals surface area contributed by atoms with Crippen molar-refractivity contribution in [3.05, 3.63) is 157 Å². The largest absolute Gasteiger partial charge is 0.490 e. The van der Waals surface area contributed by atoms with Gasteiger partial charge < -0.3 is 28.4 Å². The fourth-order valence-electron chi connectivity index (χ4n) is 5.23. The van der Waals surface area contributed by atoms with Crippen molar-refractivity contribution in [2.45, 2.75) is 17.8 Å². The van der Waals surface area contributed by atoms with E-state index in [1.165, 1.54) is 12.2 Å². The van der Waals surface area contributed by atoms with Crippen molar-refractivity contribution >= 4 is 36.0 Å². The third-order valence-electron chi connectivity index (χ3n) is 7.97. The zero-order chi connectivity index (χ0) is 43.1. The van der Waals surface area contributed by atoms with Crippen LogP contribution in [0.2, 0.25) is 0 Å². The molecular weight excluding hydrogens is 790 g/mol. The molecule has 0 bridgehead atoms. The first kappa shape index (κ1) is 44.6. The summed E-state index contributed by atoms with van der Waals surface area (Å²) in [6.45, 7) is 6.70. The van der Waals surface area contributed by atoms with Crippen molar-refractivity contribution in [3.63, 3.8) is 0 Å². The zero-order valence-corrected chi connectivity index (χ0v) is 30.8. The lowest BCUT2D eigenvalue weighted by Crippen LogP contribution is -2.54. The van der Waals surface area contributed by atoms with Gasteiger partial charge in [0.1, 0.15) is 49.4 Å². The summed E-state index contributed by atoms with van der Waals surface area (Å²) in [5.41, 5.74) is -5.90. The molecule has 0 saturated heterocycles. The van der Waals surface area contributed by atoms with Crippen LogP contribution in [0.4, 0.5) is 26.3 Å². The fraction of sp³-hybridized carbons (Fsp3) is 0.163. The van der Waals surface area contributed by atoms with E-state index < -0.39 is 52.8 Å². The Morgan fingerprint density at radius 1 is 0.458 bits per heavy atom. The van der Waals surface area contributed by atoms with Crippen LogP contribution in [-0.2, 0) is 34.1 Å². The highest BCUT2D eigenvalue weighted by molar-refractivity contribution is 5.89. The molecule has 0 aromatic heterocycles. The van der Waals surface area contributed by atoms with Crippen LogP contribution in [0.1, 0.15) is 22.3 Å². The molecule has 4 aromatic rings. The Balaban J connectivity index is 1.40. The van der Waals surface area contributed by atoms with E-state index in [-0.39, 0.29) is 37.9 Å². The Bertz CT molecular complexity index is 1980. The smallest absolute Gasteiger partial charge is 0.411 e. The Morgan fingerprint density at radius 3 is 1.08 bits per heavy atom. The van der Waals surface area contributed by atoms with E-state index in [0.717, 1.165) is 48.6 Å². The van der Waals surface area contributed by atoms with Crippen molar-refractivity contribution in [2.24, 2.45) is 0 Å². The Morgan fingerprint density at radius 2 is 0.780 bits per heavy atom. The van der Waals surface area contributed by atoms with Crippen molar-refractivity contribution < 1.29 is 73.9 Å². The molecule has 0 heterocycles. The number of halogens is 6. The standard InChI is InChI=1S/C43H34F6O10/c1-3-37(50)56-27-25-54-33-15-5-29(6-16-33)9-23-39(52)58-35-19-11-31(12-20-35)41(42(44,45)46,43(47,48)49)32-13-21-36(22-14-32)59-40(53)24-10-30-7-17-34(18-8-30)55-26-28-57-38(51)4-2/h3-24H,1-2,25-28H2/b23-9+,24-10+. The predicted molar refractivity (Wildman–Crippen MR) is 201 cm³/mol. The topological polar surface area (TPSA) is 124 Å². The van der Waals surface area contributed by atoms with Gasteiger partial charge in [0.25, 0.3) is 0 Å². The molecule has 59 heavy (non-hydrogen) atoms. The average molecular weight is 825 g/mol. The van der Waals surface area contributed by atoms with Crippen LogP contribution in [0.15, 0.2) is 135 Å². The fourth-order valence-corrected chi connectivity index (χ4v) is 5.23. The molecule has 0 amide bonds. The van der Waals surface area contributed by atoms with E-state index in [0.29, 0.717) is 46.9 Å². The summed E-state index contributed by atoms with van der Waals surface area (Å²) in [6, 6.07) is 18.1. The van der Waals surface area contributed by atoms with E-state index in [1.54, 1.807) is 48.5 Å². The molecule has 308 valence electrons. The number of carbonyl (C=O) groups is 4. The molecule has 0 spiro atoms. The van der Waals surface area contributed by atoms with E-state index in [2.05, 4.69) is 13.2 Å². The lowest BCUT2D eigenvalue weighted by Gasteiger charge is -2.38. The van der Waals surface area contributed by atoms with Crippen LogP contribution < -0.4 is 18.9 Å². The highest BCUT2D eigenvalue weighted by atomic mass is 19.4. The molecule has 0 aliphatic rings. The summed E-state index contributed by atoms with van der Waals surface area (Å²) in [5.74, 6) is -2.91. The van der Waals surface area contributed by atoms with Gasteiger partial charge in [0.2, 0.25) is 5.41 Å². The summed E-state index contributed by atoms with van der Waals surface area (Å²) in [5, 5.41) is 0. The summed E-state index contributed by atoms with van der Waals surface area (Å²) >= 11 is 0. The van der Waals surface area contributed by atoms with E-state index in [1.807, 2.05) is 0 Å². The minimum atomic E-state index is -5.91. The number of hydrogen-bond donors (Lipinski definition) is 0. The lowest BCUT2D eigenvalue weighted by molar-refractivity contribution is -0.288. The maximum absolute atomic E-state index is 14.7. The molecule has 16 heteroatoms. The van der Waals surface area contributed by atoms with E-state index >= 15 is 0 Å². The molecule has 0 radical (unpaired) electrons. The van der Waals surface area contributed by atoms with Crippen LogP contribution >= 0.6 is 0 Å². The second-order valence-corrected chi connectivity index (χ2v) is 11.9. The van der Waals surface area contributed by atoms with Crippen molar-refractivity contribution in [3.8, 4) is 23.0 Å². The third-order valence-corrected chi connectivity index (χ3v) is 7.97. The molecule has 0 fully saturated rings. The van der Waals surface area contributed by atoms with Gasteiger partial charge in [-0.05, 0) is 82.9 Å². The normalized spacial score (nSPS) is 11.8. The molecular formula is C43H34F6O10. The predicted octanol–water partition coefficient (Wildman–Crippen LogP) is 8.55. The maximum atomic E-state index is 14.7. The lowest BCUT2D eigenvalue weighted by atomic mass is 9.73. The van der Waals surface area contributed by atoms with Crippen molar-refractivity contribution in [1.82, 2.24) is 0 Å². The van der Waals surface area contributed by atoms with Gasteiger partial charge in [0.05, 0.1) is 0 Å². The number of benzene rings is 4. The molecule has 0 saturated carbocycles. The second-order valence-electron chi connectivity index (χ2n) is 11.9. The SMILES string of the molecule is C=CC(=O)OCCOc1ccc(/C=C/C(=O)Oc2ccc(C(c3ccc(OC(=O)/C=C/c4ccc(OCCOC(=O)C=C)cc4)cc3)(C(F)(F)F)C(F)(F)F)cc2)cc1. The summed E-state index contributed by atoms with van der Waals surface area (Å²) < 4.78 is 119. The summed E-state index contributed by atoms with van der Waals surface area (Å²) in [4.78, 5) is 47.0. The first-order chi connectivity index (χ1) is 28.0. The van der Waals surface area contributed by atoms with Gasteiger partial charge in [0, 0.05) is 24.3 Å². The van der Waals surface area contributed by atoms with Crippen LogP contribution in [0, 0.1) is 0 Å². The van der Waals surface area contributed by atoms with Gasteiger partial charge in [-0.3, -0.25) is 0 Å². The van der Waals surface area contributed by atoms with E-state index in [9.17, 15) is 45.5 Å². The molecule has 0 aliphatic carbocycles. The molecule has 0 atom stereocenters. The molecule has 10 nitrogen and oxygen atoms in total. The summed E-state index contributed by atoms with van der Waals surface area (Å²) in [6.07, 6.45) is -5.08. The molecule has 0 unspecified atom stereocenters. The van der Waals surface area contributed by atoms with Gasteiger partial charge in [0.15, 0.2) is 0 Å². The number of alkyl halides is 6. The number of hydrogen-bond acceptors (Lipinski definition) is 10. The molecule has 4 aromatic carbocycles. The Labute approximate surface area is 333 Å². The minimum absolute atomic E-state index is 0.00372. The quantitative estimate of drug-likeness (QED) is 0.0317. The van der Waals surface area contributed by atoms with Crippen LogP contribution in [0.3, 0.4) is 0 Å². The number of rotatable bonds is 18. The molecule has 0 aliphatic heterocycles. The average Bonchev–Trinajstić information content (AvgIpc) is 3.20. The zero-order valence-electron chi connectivity index (χ0n) is 30.8. The first-order valence-electron chi connectivity index (χ1n) is 17.2. The number of esters is 4. The maximum Gasteiger partial charge on any atom is 0.411 e. The monoisotopic (exact) mass is 824 g/mol. The van der Waals surface area contributed by atoms with Crippen LogP contribution in [0.5, 0.6) is 23.0 Å². The van der Waals surface area contributed by atoms with E-state index in [4.69, 9.17) is 28.4 Å². The second kappa shape index (κ2) is 20.4. The van der Waals surface area contributed by atoms with Gasteiger partial charge in [-0.1, -0.05) is 61.7 Å². The van der Waals surface area contributed by atoms with Gasteiger partial charge >= 0.3 is 36.2 Å². The minimum Gasteiger partial charge on any atom is -0.490 e. The van der Waals surface area contributed by atoms with Crippen molar-refractivity contribution in [1.29, 1.82) is 0 Å². The summed E-state index contributed by atoms with van der Waals surface area (Å²) in [7, 11) is 0. The van der Waals surface area contributed by atoms with Crippen LogP contribution in [-0.4, -0.2) is 62.7 Å². The van der Waals surface area contributed by atoms with Crippen molar-refractivity contribution in [2.75, 3.05) is 26.4 Å². The number of ether oxygens (including phenoxy) is 6. The Kier molecular flexibility index (Phi) is 15.4.